The van der Waals surface area contributed by atoms with Gasteiger partial charge in [0.25, 0.3) is 0 Å². The molecular weight excluding hydrogens is 234 g/mol. The fourth-order valence-electron chi connectivity index (χ4n) is 1.97. The molecule has 1 aliphatic heterocycles. The van der Waals surface area contributed by atoms with Crippen LogP contribution in [0.5, 0.6) is 0 Å². The lowest BCUT2D eigenvalue weighted by molar-refractivity contribution is -0.132. The third-order valence-electron chi connectivity index (χ3n) is 2.90. The SMILES string of the molecule is CC1CN(C(=O)Cn2cc(CN)nn2)CCCO1. The average Bonchev–Trinajstić information content (AvgIpc) is 2.69. The van der Waals surface area contributed by atoms with Crippen molar-refractivity contribution in [1.29, 1.82) is 0 Å². The summed E-state index contributed by atoms with van der Waals surface area (Å²) in [5, 5.41) is 7.73. The Kier molecular flexibility index (Phi) is 4.27. The number of amides is 1. The molecule has 0 radical (unpaired) electrons. The Hall–Kier alpha value is -1.47. The van der Waals surface area contributed by atoms with Crippen molar-refractivity contribution < 1.29 is 9.53 Å². The number of ether oxygens (including phenoxy) is 1. The number of nitrogens with zero attached hydrogens (tertiary/aromatic N) is 4. The number of carbonyl (C=O) groups excluding carboxylic acids is 1. The molecule has 7 heteroatoms. The second-order valence-electron chi connectivity index (χ2n) is 4.49. The molecule has 1 unspecified atom stereocenters. The maximum atomic E-state index is 12.1. The van der Waals surface area contributed by atoms with E-state index in [4.69, 9.17) is 10.5 Å². The number of carbonyl (C=O) groups is 1. The third kappa shape index (κ3) is 3.27. The maximum absolute atomic E-state index is 12.1. The van der Waals surface area contributed by atoms with Crippen LogP contribution in [0.2, 0.25) is 0 Å². The van der Waals surface area contributed by atoms with E-state index in [0.29, 0.717) is 25.4 Å². The van der Waals surface area contributed by atoms with Crippen LogP contribution < -0.4 is 5.73 Å². The molecule has 100 valence electrons. The Morgan fingerprint density at radius 2 is 2.50 bits per heavy atom. The fraction of sp³-hybridized carbons (Fsp3) is 0.727. The topological polar surface area (TPSA) is 86.3 Å². The molecule has 2 rings (SSSR count). The van der Waals surface area contributed by atoms with E-state index in [1.165, 1.54) is 4.68 Å². The van der Waals surface area contributed by atoms with Crippen molar-refractivity contribution in [2.45, 2.75) is 32.5 Å². The van der Waals surface area contributed by atoms with Crippen LogP contribution in [0.4, 0.5) is 0 Å². The molecule has 1 atom stereocenters. The van der Waals surface area contributed by atoms with Crippen LogP contribution >= 0.6 is 0 Å². The summed E-state index contributed by atoms with van der Waals surface area (Å²) in [6.07, 6.45) is 2.67. The summed E-state index contributed by atoms with van der Waals surface area (Å²) in [6.45, 7) is 4.61. The molecule has 1 aromatic heterocycles. The molecule has 1 fully saturated rings. The van der Waals surface area contributed by atoms with E-state index >= 15 is 0 Å². The van der Waals surface area contributed by atoms with Gasteiger partial charge in [-0.15, -0.1) is 5.10 Å². The molecule has 2 N–H and O–H groups in total. The Bertz CT molecular complexity index is 406. The summed E-state index contributed by atoms with van der Waals surface area (Å²) in [6, 6.07) is 0. The lowest BCUT2D eigenvalue weighted by Gasteiger charge is -2.21. The zero-order valence-corrected chi connectivity index (χ0v) is 10.6. The highest BCUT2D eigenvalue weighted by Gasteiger charge is 2.20. The molecule has 2 heterocycles. The van der Waals surface area contributed by atoms with Gasteiger partial charge in [-0.25, -0.2) is 4.68 Å². The quantitative estimate of drug-likeness (QED) is 0.775. The van der Waals surface area contributed by atoms with E-state index < -0.39 is 0 Å². The van der Waals surface area contributed by atoms with E-state index in [9.17, 15) is 4.79 Å². The van der Waals surface area contributed by atoms with E-state index in [0.717, 1.165) is 13.0 Å². The van der Waals surface area contributed by atoms with Crippen LogP contribution in [0.3, 0.4) is 0 Å². The Morgan fingerprint density at radius 1 is 1.67 bits per heavy atom. The Labute approximate surface area is 106 Å². The van der Waals surface area contributed by atoms with E-state index in [2.05, 4.69) is 10.3 Å². The van der Waals surface area contributed by atoms with E-state index in [-0.39, 0.29) is 18.6 Å². The van der Waals surface area contributed by atoms with Gasteiger partial charge in [-0.3, -0.25) is 4.79 Å². The molecular formula is C11H19N5O2. The summed E-state index contributed by atoms with van der Waals surface area (Å²) >= 11 is 0. The highest BCUT2D eigenvalue weighted by atomic mass is 16.5. The maximum Gasteiger partial charge on any atom is 0.244 e. The summed E-state index contributed by atoms with van der Waals surface area (Å²) in [4.78, 5) is 13.9. The van der Waals surface area contributed by atoms with Crippen LogP contribution in [0.1, 0.15) is 19.0 Å². The lowest BCUT2D eigenvalue weighted by atomic mass is 10.3. The molecule has 0 aliphatic carbocycles. The van der Waals surface area contributed by atoms with Crippen molar-refractivity contribution in [2.24, 2.45) is 5.73 Å². The predicted molar refractivity (Wildman–Crippen MR) is 64.5 cm³/mol. The van der Waals surface area contributed by atoms with Crippen molar-refractivity contribution >= 4 is 5.91 Å². The molecule has 1 amide bonds. The van der Waals surface area contributed by atoms with Crippen LogP contribution in [-0.4, -0.2) is 51.6 Å². The van der Waals surface area contributed by atoms with Gasteiger partial charge < -0.3 is 15.4 Å². The third-order valence-corrected chi connectivity index (χ3v) is 2.90. The number of nitrogens with two attached hydrogens (primary N) is 1. The molecule has 0 bridgehead atoms. The van der Waals surface area contributed by atoms with Gasteiger partial charge in [-0.05, 0) is 13.3 Å². The molecule has 18 heavy (non-hydrogen) atoms. The van der Waals surface area contributed by atoms with Gasteiger partial charge in [-0.1, -0.05) is 5.21 Å². The minimum absolute atomic E-state index is 0.0424. The van der Waals surface area contributed by atoms with Crippen LogP contribution in [0, 0.1) is 0 Å². The summed E-state index contributed by atoms with van der Waals surface area (Å²) < 4.78 is 7.04. The smallest absolute Gasteiger partial charge is 0.244 e. The highest BCUT2D eigenvalue weighted by Crippen LogP contribution is 2.06. The molecule has 1 aromatic rings. The van der Waals surface area contributed by atoms with Gasteiger partial charge in [0.15, 0.2) is 0 Å². The van der Waals surface area contributed by atoms with Crippen molar-refractivity contribution in [3.8, 4) is 0 Å². The predicted octanol–water partition coefficient (Wildman–Crippen LogP) is -0.626. The second kappa shape index (κ2) is 5.92. The van der Waals surface area contributed by atoms with E-state index in [1.54, 1.807) is 6.20 Å². The van der Waals surface area contributed by atoms with Crippen molar-refractivity contribution in [1.82, 2.24) is 19.9 Å². The zero-order chi connectivity index (χ0) is 13.0. The highest BCUT2D eigenvalue weighted by molar-refractivity contribution is 5.75. The number of hydrogen-bond acceptors (Lipinski definition) is 5. The first-order valence-corrected chi connectivity index (χ1v) is 6.17. The zero-order valence-electron chi connectivity index (χ0n) is 10.6. The first kappa shape index (κ1) is 13.0. The largest absolute Gasteiger partial charge is 0.377 e. The second-order valence-corrected chi connectivity index (χ2v) is 4.49. The van der Waals surface area contributed by atoms with Gasteiger partial charge in [0.1, 0.15) is 6.54 Å². The molecule has 1 saturated heterocycles. The molecule has 7 nitrogen and oxygen atoms in total. The minimum Gasteiger partial charge on any atom is -0.377 e. The molecule has 1 aliphatic rings. The summed E-state index contributed by atoms with van der Waals surface area (Å²) in [5.74, 6) is 0.0424. The molecule has 0 spiro atoms. The van der Waals surface area contributed by atoms with Gasteiger partial charge in [0.2, 0.25) is 5.91 Å². The van der Waals surface area contributed by atoms with Crippen molar-refractivity contribution in [2.75, 3.05) is 19.7 Å². The van der Waals surface area contributed by atoms with E-state index in [1.807, 2.05) is 11.8 Å². The average molecular weight is 253 g/mol. The van der Waals surface area contributed by atoms with Gasteiger partial charge in [0, 0.05) is 26.2 Å². The van der Waals surface area contributed by atoms with Crippen LogP contribution in [0.25, 0.3) is 0 Å². The summed E-state index contributed by atoms with van der Waals surface area (Å²) in [5.41, 5.74) is 6.14. The monoisotopic (exact) mass is 253 g/mol. The molecule has 0 saturated carbocycles. The van der Waals surface area contributed by atoms with Gasteiger partial charge in [0.05, 0.1) is 18.0 Å². The first-order valence-electron chi connectivity index (χ1n) is 6.17. The summed E-state index contributed by atoms with van der Waals surface area (Å²) in [7, 11) is 0. The minimum atomic E-state index is 0.0424. The van der Waals surface area contributed by atoms with Crippen molar-refractivity contribution in [3.63, 3.8) is 0 Å². The first-order chi connectivity index (χ1) is 8.69. The fourth-order valence-corrected chi connectivity index (χ4v) is 1.97. The van der Waals surface area contributed by atoms with Crippen molar-refractivity contribution in [3.05, 3.63) is 11.9 Å². The van der Waals surface area contributed by atoms with Gasteiger partial charge in [-0.2, -0.15) is 0 Å². The molecule has 0 aromatic carbocycles. The van der Waals surface area contributed by atoms with Crippen LogP contribution in [0.15, 0.2) is 6.20 Å². The van der Waals surface area contributed by atoms with Crippen LogP contribution in [-0.2, 0) is 22.6 Å². The Balaban J connectivity index is 1.93. The van der Waals surface area contributed by atoms with Gasteiger partial charge >= 0.3 is 0 Å². The number of rotatable bonds is 3. The lowest BCUT2D eigenvalue weighted by Crippen LogP contribution is -2.38. The number of aromatic nitrogens is 3. The standard InChI is InChI=1S/C11H19N5O2/c1-9-6-15(3-2-4-18-9)11(17)8-16-7-10(5-12)13-14-16/h7,9H,2-6,8,12H2,1H3. The Morgan fingerprint density at radius 3 is 3.22 bits per heavy atom. The number of hydrogen-bond donors (Lipinski definition) is 1. The normalized spacial score (nSPS) is 20.8.